The van der Waals surface area contributed by atoms with E-state index in [0.717, 1.165) is 30.4 Å². The zero-order valence-corrected chi connectivity index (χ0v) is 12.1. The molecule has 1 amide bonds. The number of nitrogens with zero attached hydrogens (tertiary/aromatic N) is 2. The number of Topliss-reactive ketones (excluding diaryl/α,β-unsaturated/α-hetero) is 1. The molecule has 0 aromatic heterocycles. The van der Waals surface area contributed by atoms with E-state index in [2.05, 4.69) is 11.8 Å². The van der Waals surface area contributed by atoms with Crippen LogP contribution in [0.2, 0.25) is 0 Å². The standard InChI is InChI=1S/C16H20N2O2/c1-3-18(10-11-5-4-6-11)12-7-8-13-14(9-12)17(2)16(20)15(13)19/h7-9,11H,3-6,10H2,1-2H3. The molecule has 106 valence electrons. The molecule has 3 rings (SSSR count). The molecule has 1 aliphatic carbocycles. The molecule has 1 aliphatic heterocycles. The van der Waals surface area contributed by atoms with E-state index < -0.39 is 11.7 Å². The SMILES string of the molecule is CCN(CC1CCC1)c1ccc2c(c1)N(C)C(=O)C2=O. The first kappa shape index (κ1) is 13.2. The lowest BCUT2D eigenvalue weighted by atomic mass is 9.85. The predicted molar refractivity (Wildman–Crippen MR) is 79.4 cm³/mol. The highest BCUT2D eigenvalue weighted by atomic mass is 16.2. The van der Waals surface area contributed by atoms with Crippen molar-refractivity contribution in [2.24, 2.45) is 5.92 Å². The summed E-state index contributed by atoms with van der Waals surface area (Å²) >= 11 is 0. The van der Waals surface area contributed by atoms with Gasteiger partial charge in [0.25, 0.3) is 11.7 Å². The Morgan fingerprint density at radius 1 is 1.30 bits per heavy atom. The lowest BCUT2D eigenvalue weighted by Crippen LogP contribution is -2.32. The average Bonchev–Trinajstić information content (AvgIpc) is 2.63. The molecule has 20 heavy (non-hydrogen) atoms. The number of likely N-dealkylation sites (N-methyl/N-ethyl adjacent to an activating group) is 1. The Balaban J connectivity index is 1.88. The Labute approximate surface area is 119 Å². The molecule has 4 nitrogen and oxygen atoms in total. The second-order valence-corrected chi connectivity index (χ2v) is 5.73. The molecule has 1 fully saturated rings. The van der Waals surface area contributed by atoms with Crippen LogP contribution in [0, 0.1) is 5.92 Å². The van der Waals surface area contributed by atoms with Crippen LogP contribution >= 0.6 is 0 Å². The lowest BCUT2D eigenvalue weighted by Gasteiger charge is -2.33. The van der Waals surface area contributed by atoms with Crippen molar-refractivity contribution in [3.05, 3.63) is 23.8 Å². The van der Waals surface area contributed by atoms with Gasteiger partial charge in [-0.2, -0.15) is 0 Å². The van der Waals surface area contributed by atoms with Gasteiger partial charge in [-0.15, -0.1) is 0 Å². The van der Waals surface area contributed by atoms with Crippen molar-refractivity contribution in [3.63, 3.8) is 0 Å². The third-order valence-electron chi connectivity index (χ3n) is 4.54. The fourth-order valence-corrected chi connectivity index (χ4v) is 2.97. The van der Waals surface area contributed by atoms with Gasteiger partial charge in [-0.05, 0) is 43.9 Å². The summed E-state index contributed by atoms with van der Waals surface area (Å²) in [5.74, 6) is -0.0283. The van der Waals surface area contributed by atoms with Gasteiger partial charge >= 0.3 is 0 Å². The monoisotopic (exact) mass is 272 g/mol. The number of carbonyl (C=O) groups excluding carboxylic acids is 2. The zero-order valence-electron chi connectivity index (χ0n) is 12.1. The minimum atomic E-state index is -0.431. The predicted octanol–water partition coefficient (Wildman–Crippen LogP) is 2.47. The number of ketones is 1. The summed E-state index contributed by atoms with van der Waals surface area (Å²) in [6, 6.07) is 5.73. The number of carbonyl (C=O) groups is 2. The number of amides is 1. The first-order chi connectivity index (χ1) is 9.61. The normalized spacial score (nSPS) is 18.2. The van der Waals surface area contributed by atoms with Crippen LogP contribution in [0.4, 0.5) is 11.4 Å². The summed E-state index contributed by atoms with van der Waals surface area (Å²) in [6.45, 7) is 4.16. The van der Waals surface area contributed by atoms with Gasteiger partial charge in [-0.1, -0.05) is 6.42 Å². The average molecular weight is 272 g/mol. The number of hydrogen-bond acceptors (Lipinski definition) is 3. The van der Waals surface area contributed by atoms with E-state index in [0.29, 0.717) is 5.56 Å². The van der Waals surface area contributed by atoms with Crippen molar-refractivity contribution in [1.82, 2.24) is 0 Å². The molecule has 4 heteroatoms. The van der Waals surface area contributed by atoms with Crippen LogP contribution in [0.25, 0.3) is 0 Å². The van der Waals surface area contributed by atoms with E-state index in [9.17, 15) is 9.59 Å². The Hall–Kier alpha value is -1.84. The minimum Gasteiger partial charge on any atom is -0.371 e. The molecule has 0 N–H and O–H groups in total. The fraction of sp³-hybridized carbons (Fsp3) is 0.500. The maximum absolute atomic E-state index is 11.8. The van der Waals surface area contributed by atoms with Gasteiger partial charge in [-0.25, -0.2) is 0 Å². The summed E-state index contributed by atoms with van der Waals surface area (Å²) in [4.78, 5) is 27.3. The zero-order chi connectivity index (χ0) is 14.3. The smallest absolute Gasteiger partial charge is 0.299 e. The summed E-state index contributed by atoms with van der Waals surface area (Å²) in [5.41, 5.74) is 2.37. The third kappa shape index (κ3) is 1.99. The quantitative estimate of drug-likeness (QED) is 0.791. The van der Waals surface area contributed by atoms with Crippen LogP contribution in [-0.2, 0) is 4.79 Å². The van der Waals surface area contributed by atoms with Crippen LogP contribution in [0.3, 0.4) is 0 Å². The summed E-state index contributed by atoms with van der Waals surface area (Å²) < 4.78 is 0. The highest BCUT2D eigenvalue weighted by Gasteiger charge is 2.33. The molecule has 1 saturated carbocycles. The summed E-state index contributed by atoms with van der Waals surface area (Å²) in [5, 5.41) is 0. The first-order valence-corrected chi connectivity index (χ1v) is 7.33. The van der Waals surface area contributed by atoms with Crippen LogP contribution in [0.1, 0.15) is 36.5 Å². The van der Waals surface area contributed by atoms with Crippen LogP contribution in [0.15, 0.2) is 18.2 Å². The number of benzene rings is 1. The first-order valence-electron chi connectivity index (χ1n) is 7.33. The maximum atomic E-state index is 11.8. The molecule has 1 aromatic rings. The van der Waals surface area contributed by atoms with Gasteiger partial charge in [0.1, 0.15) is 0 Å². The van der Waals surface area contributed by atoms with Crippen LogP contribution in [0.5, 0.6) is 0 Å². The van der Waals surface area contributed by atoms with E-state index in [1.165, 1.54) is 24.2 Å². The Morgan fingerprint density at radius 2 is 2.05 bits per heavy atom. The van der Waals surface area contributed by atoms with Crippen molar-refractivity contribution in [1.29, 1.82) is 0 Å². The van der Waals surface area contributed by atoms with Gasteiger partial charge in [-0.3, -0.25) is 9.59 Å². The number of anilines is 2. The van der Waals surface area contributed by atoms with Crippen molar-refractivity contribution < 1.29 is 9.59 Å². The maximum Gasteiger partial charge on any atom is 0.299 e. The molecule has 1 heterocycles. The molecule has 1 aromatic carbocycles. The number of fused-ring (bicyclic) bond motifs is 1. The van der Waals surface area contributed by atoms with Crippen LogP contribution in [-0.4, -0.2) is 31.8 Å². The molecule has 0 bridgehead atoms. The molecule has 0 spiro atoms. The Bertz CT molecular complexity index is 564. The largest absolute Gasteiger partial charge is 0.371 e. The summed E-state index contributed by atoms with van der Waals surface area (Å²) in [7, 11) is 1.66. The van der Waals surface area contributed by atoms with E-state index in [1.54, 1.807) is 13.1 Å². The molecular formula is C16H20N2O2. The van der Waals surface area contributed by atoms with Crippen LogP contribution < -0.4 is 9.80 Å². The molecule has 0 saturated heterocycles. The van der Waals surface area contributed by atoms with Gasteiger partial charge in [0.2, 0.25) is 0 Å². The fourth-order valence-electron chi connectivity index (χ4n) is 2.97. The molecule has 2 aliphatic rings. The van der Waals surface area contributed by atoms with Gasteiger partial charge in [0.05, 0.1) is 11.3 Å². The van der Waals surface area contributed by atoms with Gasteiger partial charge < -0.3 is 9.80 Å². The third-order valence-corrected chi connectivity index (χ3v) is 4.54. The minimum absolute atomic E-state index is 0.393. The second kappa shape index (κ2) is 4.93. The van der Waals surface area contributed by atoms with E-state index in [1.807, 2.05) is 12.1 Å². The van der Waals surface area contributed by atoms with Crippen molar-refractivity contribution in [2.75, 3.05) is 29.9 Å². The topological polar surface area (TPSA) is 40.6 Å². The highest BCUT2D eigenvalue weighted by Crippen LogP contribution is 2.34. The Morgan fingerprint density at radius 3 is 2.65 bits per heavy atom. The second-order valence-electron chi connectivity index (χ2n) is 5.73. The van der Waals surface area contributed by atoms with E-state index >= 15 is 0 Å². The number of rotatable bonds is 4. The van der Waals surface area contributed by atoms with Crippen molar-refractivity contribution in [3.8, 4) is 0 Å². The van der Waals surface area contributed by atoms with Gasteiger partial charge in [0.15, 0.2) is 0 Å². The highest BCUT2D eigenvalue weighted by molar-refractivity contribution is 6.52. The summed E-state index contributed by atoms with van der Waals surface area (Å²) in [6.07, 6.45) is 3.98. The van der Waals surface area contributed by atoms with E-state index in [-0.39, 0.29) is 0 Å². The molecular weight excluding hydrogens is 252 g/mol. The Kier molecular flexibility index (Phi) is 3.24. The van der Waals surface area contributed by atoms with Gasteiger partial charge in [0, 0.05) is 25.8 Å². The van der Waals surface area contributed by atoms with Crippen molar-refractivity contribution in [2.45, 2.75) is 26.2 Å². The number of hydrogen-bond donors (Lipinski definition) is 0. The molecule has 0 unspecified atom stereocenters. The van der Waals surface area contributed by atoms with Crippen molar-refractivity contribution >= 4 is 23.1 Å². The van der Waals surface area contributed by atoms with E-state index in [4.69, 9.17) is 0 Å². The molecule has 0 atom stereocenters. The molecule has 0 radical (unpaired) electrons. The lowest BCUT2D eigenvalue weighted by molar-refractivity contribution is -0.114.